The highest BCUT2D eigenvalue weighted by Crippen LogP contribution is 2.24. The molecule has 130 valence electrons. The molecule has 0 saturated heterocycles. The fourth-order valence-electron chi connectivity index (χ4n) is 2.76. The van der Waals surface area contributed by atoms with Gasteiger partial charge in [-0.3, -0.25) is 4.72 Å². The Morgan fingerprint density at radius 2 is 1.46 bits per heavy atom. The molecule has 0 bridgehead atoms. The summed E-state index contributed by atoms with van der Waals surface area (Å²) in [7, 11) is -3.78. The minimum absolute atomic E-state index is 0.103. The molecular weight excluding hydrogens is 348 g/mol. The molecule has 1 aliphatic rings. The first kappa shape index (κ1) is 16.4. The summed E-state index contributed by atoms with van der Waals surface area (Å²) in [6.07, 6.45) is 0. The Bertz CT molecular complexity index is 1060. The van der Waals surface area contributed by atoms with E-state index in [1.54, 1.807) is 18.2 Å². The molecular formula is C20H16N2O3S. The second kappa shape index (κ2) is 6.65. The van der Waals surface area contributed by atoms with Crippen LogP contribution in [0, 0.1) is 0 Å². The molecule has 0 saturated carbocycles. The van der Waals surface area contributed by atoms with Crippen molar-refractivity contribution in [1.29, 1.82) is 0 Å². The number of ether oxygens (including phenoxy) is 1. The average molecular weight is 364 g/mol. The fraction of sp³-hybridized carbons (Fsp3) is 0.0500. The van der Waals surface area contributed by atoms with Gasteiger partial charge in [-0.1, -0.05) is 66.7 Å². The summed E-state index contributed by atoms with van der Waals surface area (Å²) in [4.78, 5) is 0. The third kappa shape index (κ3) is 3.45. The van der Waals surface area contributed by atoms with E-state index in [9.17, 15) is 8.42 Å². The van der Waals surface area contributed by atoms with Gasteiger partial charge in [-0.15, -0.1) is 4.40 Å². The van der Waals surface area contributed by atoms with Crippen LogP contribution in [0.15, 0.2) is 83.3 Å². The summed E-state index contributed by atoms with van der Waals surface area (Å²) in [6.45, 7) is 0.234. The number of benzene rings is 3. The number of hydrogen-bond donors (Lipinski definition) is 1. The zero-order chi connectivity index (χ0) is 18.0. The van der Waals surface area contributed by atoms with E-state index < -0.39 is 10.2 Å². The van der Waals surface area contributed by atoms with Crippen LogP contribution >= 0.6 is 0 Å². The lowest BCUT2D eigenvalue weighted by Gasteiger charge is -2.18. The lowest BCUT2D eigenvalue weighted by molar-refractivity contribution is 0.294. The average Bonchev–Trinajstić information content (AvgIpc) is 2.66. The molecule has 0 fully saturated rings. The van der Waals surface area contributed by atoms with E-state index >= 15 is 0 Å². The van der Waals surface area contributed by atoms with Gasteiger partial charge in [0, 0.05) is 0 Å². The van der Waals surface area contributed by atoms with Gasteiger partial charge in [-0.25, -0.2) is 0 Å². The molecule has 1 heterocycles. The summed E-state index contributed by atoms with van der Waals surface area (Å²) in [5, 5.41) is 0. The predicted octanol–water partition coefficient (Wildman–Crippen LogP) is 3.99. The van der Waals surface area contributed by atoms with E-state index in [0.29, 0.717) is 11.3 Å². The summed E-state index contributed by atoms with van der Waals surface area (Å²) >= 11 is 0. The van der Waals surface area contributed by atoms with Crippen LogP contribution in [0.1, 0.15) is 11.1 Å². The van der Waals surface area contributed by atoms with E-state index in [1.165, 1.54) is 0 Å². The van der Waals surface area contributed by atoms with E-state index in [0.717, 1.165) is 16.7 Å². The molecule has 26 heavy (non-hydrogen) atoms. The number of nitrogens with zero attached hydrogens (tertiary/aromatic N) is 1. The second-order valence-corrected chi connectivity index (χ2v) is 7.21. The molecule has 0 aliphatic carbocycles. The van der Waals surface area contributed by atoms with Gasteiger partial charge in [0.1, 0.15) is 6.61 Å². The number of anilines is 1. The third-order valence-corrected chi connectivity index (χ3v) is 4.92. The first-order valence-electron chi connectivity index (χ1n) is 8.10. The number of para-hydroxylation sites is 1. The molecule has 3 aromatic carbocycles. The molecule has 0 spiro atoms. The van der Waals surface area contributed by atoms with Crippen LogP contribution in [0.2, 0.25) is 0 Å². The Balaban J connectivity index is 1.53. The van der Waals surface area contributed by atoms with Crippen LogP contribution in [-0.4, -0.2) is 14.3 Å². The highest BCUT2D eigenvalue weighted by atomic mass is 32.2. The SMILES string of the molecule is O=S1(=O)N=C(OCc2ccc(-c3ccccc3)cc2)c2ccccc2N1. The standard InChI is InChI=1S/C20H16N2O3S/c23-26(24)21-19-9-5-4-8-18(19)20(22-26)25-14-15-10-12-17(13-11-15)16-6-2-1-3-7-16/h1-13,21H,14H2. The highest BCUT2D eigenvalue weighted by molar-refractivity contribution is 7.91. The van der Waals surface area contributed by atoms with Gasteiger partial charge >= 0.3 is 10.2 Å². The number of hydrogen-bond acceptors (Lipinski definition) is 3. The van der Waals surface area contributed by atoms with Crippen molar-refractivity contribution in [2.24, 2.45) is 4.40 Å². The maximum Gasteiger partial charge on any atom is 0.345 e. The Hall–Kier alpha value is -3.12. The van der Waals surface area contributed by atoms with Crippen LogP contribution in [0.4, 0.5) is 5.69 Å². The van der Waals surface area contributed by atoms with Crippen LogP contribution in [0.25, 0.3) is 11.1 Å². The molecule has 5 nitrogen and oxygen atoms in total. The number of fused-ring (bicyclic) bond motifs is 1. The first-order chi connectivity index (χ1) is 12.6. The lowest BCUT2D eigenvalue weighted by atomic mass is 10.0. The summed E-state index contributed by atoms with van der Waals surface area (Å²) in [5.74, 6) is 0.103. The van der Waals surface area contributed by atoms with Crippen LogP contribution in [-0.2, 0) is 21.6 Å². The molecule has 3 aromatic rings. The van der Waals surface area contributed by atoms with Crippen molar-refractivity contribution in [3.63, 3.8) is 0 Å². The predicted molar refractivity (Wildman–Crippen MR) is 102 cm³/mol. The second-order valence-electron chi connectivity index (χ2n) is 5.87. The molecule has 1 aliphatic heterocycles. The molecule has 0 unspecified atom stereocenters. The van der Waals surface area contributed by atoms with Gasteiger partial charge in [0.2, 0.25) is 5.90 Å². The maximum absolute atomic E-state index is 11.9. The molecule has 4 rings (SSSR count). The molecule has 6 heteroatoms. The number of nitrogens with one attached hydrogen (secondary N) is 1. The molecule has 1 N–H and O–H groups in total. The smallest absolute Gasteiger partial charge is 0.345 e. The van der Waals surface area contributed by atoms with E-state index in [-0.39, 0.29) is 12.5 Å². The van der Waals surface area contributed by atoms with Crippen molar-refractivity contribution >= 4 is 21.8 Å². The van der Waals surface area contributed by atoms with Crippen molar-refractivity contribution in [1.82, 2.24) is 0 Å². The van der Waals surface area contributed by atoms with Gasteiger partial charge in [0.05, 0.1) is 11.3 Å². The lowest BCUT2D eigenvalue weighted by Crippen LogP contribution is -2.22. The van der Waals surface area contributed by atoms with Gasteiger partial charge in [0.25, 0.3) is 0 Å². The Kier molecular flexibility index (Phi) is 4.18. The Labute approximate surface area is 152 Å². The zero-order valence-corrected chi connectivity index (χ0v) is 14.6. The Morgan fingerprint density at radius 3 is 2.23 bits per heavy atom. The largest absolute Gasteiger partial charge is 0.472 e. The fourth-order valence-corrected chi connectivity index (χ4v) is 3.63. The number of rotatable bonds is 3. The molecule has 0 amide bonds. The molecule has 0 atom stereocenters. The van der Waals surface area contributed by atoms with Crippen molar-refractivity contribution in [2.45, 2.75) is 6.61 Å². The van der Waals surface area contributed by atoms with Crippen LogP contribution < -0.4 is 4.72 Å². The van der Waals surface area contributed by atoms with Crippen LogP contribution in [0.5, 0.6) is 0 Å². The minimum Gasteiger partial charge on any atom is -0.472 e. The van der Waals surface area contributed by atoms with Crippen LogP contribution in [0.3, 0.4) is 0 Å². The van der Waals surface area contributed by atoms with Gasteiger partial charge in [-0.2, -0.15) is 8.42 Å². The maximum atomic E-state index is 11.9. The monoisotopic (exact) mass is 364 g/mol. The first-order valence-corrected chi connectivity index (χ1v) is 9.54. The van der Waals surface area contributed by atoms with E-state index in [2.05, 4.69) is 21.3 Å². The summed E-state index contributed by atoms with van der Waals surface area (Å²) < 4.78 is 35.5. The van der Waals surface area contributed by atoms with Crippen molar-refractivity contribution in [3.05, 3.63) is 90.0 Å². The topological polar surface area (TPSA) is 67.8 Å². The third-order valence-electron chi connectivity index (χ3n) is 4.04. The molecule has 0 aromatic heterocycles. The normalized spacial score (nSPS) is 14.7. The van der Waals surface area contributed by atoms with Gasteiger partial charge < -0.3 is 4.74 Å². The van der Waals surface area contributed by atoms with Crippen molar-refractivity contribution in [2.75, 3.05) is 4.72 Å². The Morgan fingerprint density at radius 1 is 0.808 bits per heavy atom. The van der Waals surface area contributed by atoms with E-state index in [1.807, 2.05) is 48.5 Å². The summed E-state index contributed by atoms with van der Waals surface area (Å²) in [5.41, 5.74) is 4.28. The highest BCUT2D eigenvalue weighted by Gasteiger charge is 2.23. The van der Waals surface area contributed by atoms with Gasteiger partial charge in [-0.05, 0) is 28.8 Å². The minimum atomic E-state index is -3.78. The summed E-state index contributed by atoms with van der Waals surface area (Å²) in [6, 6.07) is 25.1. The van der Waals surface area contributed by atoms with Crippen molar-refractivity contribution < 1.29 is 13.2 Å². The van der Waals surface area contributed by atoms with Gasteiger partial charge in [0.15, 0.2) is 0 Å². The zero-order valence-electron chi connectivity index (χ0n) is 13.8. The quantitative estimate of drug-likeness (QED) is 0.764. The van der Waals surface area contributed by atoms with E-state index in [4.69, 9.17) is 4.74 Å². The molecule has 0 radical (unpaired) electrons. The van der Waals surface area contributed by atoms with Crippen molar-refractivity contribution in [3.8, 4) is 11.1 Å².